The van der Waals surface area contributed by atoms with Crippen molar-refractivity contribution in [3.63, 3.8) is 0 Å². The Kier molecular flexibility index (Phi) is 4.69. The molecule has 0 radical (unpaired) electrons. The maximum Gasteiger partial charge on any atom is 0.268 e. The molecule has 0 saturated carbocycles. The predicted molar refractivity (Wildman–Crippen MR) is 115 cm³/mol. The van der Waals surface area contributed by atoms with Gasteiger partial charge in [0.05, 0.1) is 16.1 Å². The molecule has 0 aliphatic heterocycles. The van der Waals surface area contributed by atoms with Gasteiger partial charge in [0.15, 0.2) is 0 Å². The predicted octanol–water partition coefficient (Wildman–Crippen LogP) is 5.34. The van der Waals surface area contributed by atoms with Gasteiger partial charge in [-0.3, -0.25) is 0 Å². The molecule has 0 unspecified atom stereocenters. The lowest BCUT2D eigenvalue weighted by Crippen LogP contribution is -2.16. The number of hydrogen-bond acceptors (Lipinski definition) is 3. The van der Waals surface area contributed by atoms with Crippen molar-refractivity contribution in [1.29, 1.82) is 0 Å². The number of fused-ring (bicyclic) bond motifs is 1. The van der Waals surface area contributed by atoms with Gasteiger partial charge in [-0.15, -0.1) is 0 Å². The van der Waals surface area contributed by atoms with Gasteiger partial charge in [-0.05, 0) is 44.2 Å². The molecule has 0 fully saturated rings. The number of nitrogens with zero attached hydrogens (tertiary/aromatic N) is 2. The standard InChI is InChI=1S/C23H22N2O2S/c1-3-24(19-9-5-4-6-10-19)23-17-25(22-12-8-7-11-21(22)23)28(26,27)20-15-13-18(2)14-16-20/h4-17H,3H2,1-2H3. The Balaban J connectivity index is 1.93. The van der Waals surface area contributed by atoms with Crippen molar-refractivity contribution in [3.05, 3.63) is 90.6 Å². The average molecular weight is 391 g/mol. The van der Waals surface area contributed by atoms with Crippen LogP contribution in [-0.4, -0.2) is 18.9 Å². The molecule has 3 aromatic carbocycles. The SMILES string of the molecule is CCN(c1ccccc1)c1cn(S(=O)(=O)c2ccc(C)cc2)c2ccccc12. The summed E-state index contributed by atoms with van der Waals surface area (Å²) in [6.45, 7) is 4.73. The molecule has 0 bridgehead atoms. The van der Waals surface area contributed by atoms with Crippen LogP contribution in [0.5, 0.6) is 0 Å². The number of aromatic nitrogens is 1. The Labute approximate surface area is 165 Å². The third kappa shape index (κ3) is 3.08. The summed E-state index contributed by atoms with van der Waals surface area (Å²) in [6.07, 6.45) is 1.73. The molecule has 0 spiro atoms. The quantitative estimate of drug-likeness (QED) is 0.462. The monoisotopic (exact) mass is 390 g/mol. The van der Waals surface area contributed by atoms with Gasteiger partial charge in [0.25, 0.3) is 10.0 Å². The van der Waals surface area contributed by atoms with Crippen LogP contribution < -0.4 is 4.90 Å². The van der Waals surface area contributed by atoms with Crippen molar-refractivity contribution in [3.8, 4) is 0 Å². The molecule has 0 saturated heterocycles. The van der Waals surface area contributed by atoms with Gasteiger partial charge in [-0.25, -0.2) is 12.4 Å². The second-order valence-corrected chi connectivity index (χ2v) is 8.54. The zero-order valence-electron chi connectivity index (χ0n) is 15.9. The number of para-hydroxylation sites is 2. The highest BCUT2D eigenvalue weighted by Gasteiger charge is 2.23. The van der Waals surface area contributed by atoms with Crippen LogP contribution in [0.1, 0.15) is 12.5 Å². The molecule has 5 heteroatoms. The lowest BCUT2D eigenvalue weighted by Gasteiger charge is -2.22. The minimum atomic E-state index is -3.70. The normalized spacial score (nSPS) is 11.6. The second-order valence-electron chi connectivity index (χ2n) is 6.73. The van der Waals surface area contributed by atoms with Gasteiger partial charge in [0.1, 0.15) is 0 Å². The Bertz CT molecular complexity index is 1210. The molecule has 0 aliphatic carbocycles. The van der Waals surface area contributed by atoms with Crippen LogP contribution in [0.2, 0.25) is 0 Å². The molecule has 4 aromatic rings. The van der Waals surface area contributed by atoms with Crippen molar-refractivity contribution in [2.75, 3.05) is 11.4 Å². The van der Waals surface area contributed by atoms with Crippen molar-refractivity contribution in [1.82, 2.24) is 3.97 Å². The lowest BCUT2D eigenvalue weighted by molar-refractivity contribution is 0.589. The van der Waals surface area contributed by atoms with Crippen LogP contribution in [-0.2, 0) is 10.0 Å². The number of anilines is 2. The fraction of sp³-hybridized carbons (Fsp3) is 0.130. The molecule has 142 valence electrons. The van der Waals surface area contributed by atoms with Crippen LogP contribution in [0.4, 0.5) is 11.4 Å². The van der Waals surface area contributed by atoms with E-state index in [1.165, 1.54) is 3.97 Å². The van der Waals surface area contributed by atoms with Gasteiger partial charge in [0.2, 0.25) is 0 Å². The average Bonchev–Trinajstić information content (AvgIpc) is 3.10. The zero-order valence-corrected chi connectivity index (χ0v) is 16.7. The summed E-state index contributed by atoms with van der Waals surface area (Å²) in [5.41, 5.74) is 3.60. The van der Waals surface area contributed by atoms with E-state index in [1.54, 1.807) is 18.3 Å². The van der Waals surface area contributed by atoms with Crippen LogP contribution in [0.15, 0.2) is 90.0 Å². The summed E-state index contributed by atoms with van der Waals surface area (Å²) in [4.78, 5) is 2.41. The Morgan fingerprint density at radius 1 is 0.857 bits per heavy atom. The van der Waals surface area contributed by atoms with E-state index in [-0.39, 0.29) is 4.90 Å². The van der Waals surface area contributed by atoms with Gasteiger partial charge >= 0.3 is 0 Å². The van der Waals surface area contributed by atoms with Crippen LogP contribution in [0, 0.1) is 6.92 Å². The Morgan fingerprint density at radius 3 is 2.18 bits per heavy atom. The molecule has 4 nitrogen and oxygen atoms in total. The summed E-state index contributed by atoms with van der Waals surface area (Å²) in [6, 6.07) is 24.6. The summed E-state index contributed by atoms with van der Waals surface area (Å²) in [5, 5.41) is 0.906. The molecular formula is C23H22N2O2S. The molecule has 0 atom stereocenters. The van der Waals surface area contributed by atoms with Crippen molar-refractivity contribution in [2.24, 2.45) is 0 Å². The van der Waals surface area contributed by atoms with E-state index in [1.807, 2.05) is 73.7 Å². The third-order valence-corrected chi connectivity index (χ3v) is 6.60. The first-order valence-electron chi connectivity index (χ1n) is 9.27. The highest BCUT2D eigenvalue weighted by atomic mass is 32.2. The largest absolute Gasteiger partial charge is 0.340 e. The van der Waals surface area contributed by atoms with Crippen LogP contribution >= 0.6 is 0 Å². The molecule has 1 heterocycles. The van der Waals surface area contributed by atoms with Gasteiger partial charge in [0, 0.05) is 23.8 Å². The van der Waals surface area contributed by atoms with Gasteiger partial charge < -0.3 is 4.90 Å². The zero-order chi connectivity index (χ0) is 19.7. The highest BCUT2D eigenvalue weighted by Crippen LogP contribution is 2.35. The molecule has 0 amide bonds. The minimum Gasteiger partial charge on any atom is -0.340 e. The Hall–Kier alpha value is -3.05. The first-order valence-corrected chi connectivity index (χ1v) is 10.7. The van der Waals surface area contributed by atoms with E-state index in [0.717, 1.165) is 28.9 Å². The van der Waals surface area contributed by atoms with Gasteiger partial charge in [-0.2, -0.15) is 0 Å². The first kappa shape index (κ1) is 18.3. The summed E-state index contributed by atoms with van der Waals surface area (Å²) < 4.78 is 28.1. The number of rotatable bonds is 5. The van der Waals surface area contributed by atoms with Crippen LogP contribution in [0.25, 0.3) is 10.9 Å². The third-order valence-electron chi connectivity index (χ3n) is 4.91. The van der Waals surface area contributed by atoms with Crippen molar-refractivity contribution >= 4 is 32.3 Å². The molecule has 28 heavy (non-hydrogen) atoms. The van der Waals surface area contributed by atoms with Crippen molar-refractivity contribution in [2.45, 2.75) is 18.7 Å². The highest BCUT2D eigenvalue weighted by molar-refractivity contribution is 7.90. The number of benzene rings is 3. The van der Waals surface area contributed by atoms with Crippen molar-refractivity contribution < 1.29 is 8.42 Å². The number of aryl methyl sites for hydroxylation is 1. The minimum absolute atomic E-state index is 0.285. The molecule has 1 aromatic heterocycles. The van der Waals surface area contributed by atoms with E-state index >= 15 is 0 Å². The summed E-state index contributed by atoms with van der Waals surface area (Å²) >= 11 is 0. The van der Waals surface area contributed by atoms with E-state index < -0.39 is 10.0 Å². The molecular weight excluding hydrogens is 368 g/mol. The molecule has 0 N–H and O–H groups in total. The smallest absolute Gasteiger partial charge is 0.268 e. The summed E-state index contributed by atoms with van der Waals surface area (Å²) in [7, 11) is -3.70. The van der Waals surface area contributed by atoms with Crippen LogP contribution in [0.3, 0.4) is 0 Å². The summed E-state index contributed by atoms with van der Waals surface area (Å²) in [5.74, 6) is 0. The first-order chi connectivity index (χ1) is 13.5. The van der Waals surface area contributed by atoms with E-state index in [9.17, 15) is 8.42 Å². The fourth-order valence-electron chi connectivity index (χ4n) is 3.47. The van der Waals surface area contributed by atoms with E-state index in [2.05, 4.69) is 11.8 Å². The maximum atomic E-state index is 13.4. The lowest BCUT2D eigenvalue weighted by atomic mass is 10.2. The number of hydrogen-bond donors (Lipinski definition) is 0. The fourth-order valence-corrected chi connectivity index (χ4v) is 4.83. The topological polar surface area (TPSA) is 42.3 Å². The Morgan fingerprint density at radius 2 is 1.50 bits per heavy atom. The van der Waals surface area contributed by atoms with Gasteiger partial charge in [-0.1, -0.05) is 54.1 Å². The molecule has 0 aliphatic rings. The maximum absolute atomic E-state index is 13.4. The van der Waals surface area contributed by atoms with E-state index in [4.69, 9.17) is 0 Å². The molecule has 4 rings (SSSR count). The second kappa shape index (κ2) is 7.17. The van der Waals surface area contributed by atoms with E-state index in [0.29, 0.717) is 5.52 Å².